The molecule has 2 aromatic carbocycles. The fourth-order valence-corrected chi connectivity index (χ4v) is 3.40. The van der Waals surface area contributed by atoms with Crippen LogP contribution in [0, 0.1) is 0 Å². The number of hydrogen-bond acceptors (Lipinski definition) is 4. The second-order valence-electron chi connectivity index (χ2n) is 6.12. The molecule has 1 aromatic heterocycles. The first-order valence-corrected chi connectivity index (χ1v) is 8.14. The Kier molecular flexibility index (Phi) is 3.86. The van der Waals surface area contributed by atoms with Crippen LogP contribution in [-0.2, 0) is 19.6 Å². The Morgan fingerprint density at radius 3 is 2.58 bits per heavy atom. The predicted molar refractivity (Wildman–Crippen MR) is 93.4 cm³/mol. The summed E-state index contributed by atoms with van der Waals surface area (Å²) >= 11 is 0. The molecule has 0 aliphatic carbocycles. The first kappa shape index (κ1) is 15.0. The number of nitrogens with zero attached hydrogens (tertiary/aromatic N) is 3. The van der Waals surface area contributed by atoms with E-state index in [4.69, 9.17) is 9.47 Å². The van der Waals surface area contributed by atoms with Gasteiger partial charge in [-0.3, -0.25) is 4.90 Å². The van der Waals surface area contributed by atoms with Crippen molar-refractivity contribution < 1.29 is 9.47 Å². The first-order valence-electron chi connectivity index (χ1n) is 8.14. The summed E-state index contributed by atoms with van der Waals surface area (Å²) in [5.41, 5.74) is 4.87. The molecule has 1 aliphatic rings. The zero-order valence-electron chi connectivity index (χ0n) is 14.0. The van der Waals surface area contributed by atoms with Gasteiger partial charge in [-0.15, -0.1) is 0 Å². The van der Waals surface area contributed by atoms with Crippen LogP contribution in [0.15, 0.2) is 42.7 Å². The Balaban J connectivity index is 1.58. The molecule has 0 unspecified atom stereocenters. The molecule has 0 saturated carbocycles. The van der Waals surface area contributed by atoms with Gasteiger partial charge in [0.15, 0.2) is 11.5 Å². The summed E-state index contributed by atoms with van der Waals surface area (Å²) < 4.78 is 13.1. The summed E-state index contributed by atoms with van der Waals surface area (Å²) in [6, 6.07) is 12.5. The minimum absolute atomic E-state index is 0.797. The molecule has 124 valence electrons. The maximum absolute atomic E-state index is 5.44. The Morgan fingerprint density at radius 1 is 1.04 bits per heavy atom. The van der Waals surface area contributed by atoms with E-state index in [2.05, 4.69) is 44.8 Å². The number of para-hydroxylation sites is 2. The summed E-state index contributed by atoms with van der Waals surface area (Å²) in [7, 11) is 3.37. The first-order chi connectivity index (χ1) is 11.8. The van der Waals surface area contributed by atoms with Gasteiger partial charge in [-0.2, -0.15) is 0 Å². The topological polar surface area (TPSA) is 39.5 Å². The number of imidazole rings is 1. The van der Waals surface area contributed by atoms with Crippen molar-refractivity contribution in [1.82, 2.24) is 14.5 Å². The fraction of sp³-hybridized carbons (Fsp3) is 0.316. The average molecular weight is 323 g/mol. The van der Waals surface area contributed by atoms with Gasteiger partial charge in [-0.1, -0.05) is 12.1 Å². The Labute approximate surface area is 141 Å². The third-order valence-electron chi connectivity index (χ3n) is 4.68. The lowest BCUT2D eigenvalue weighted by atomic mass is 9.99. The number of benzene rings is 2. The summed E-state index contributed by atoms with van der Waals surface area (Å²) in [4.78, 5) is 6.91. The molecule has 0 saturated heterocycles. The van der Waals surface area contributed by atoms with E-state index in [0.29, 0.717) is 0 Å². The zero-order valence-corrected chi connectivity index (χ0v) is 14.0. The van der Waals surface area contributed by atoms with Crippen LogP contribution in [0.4, 0.5) is 0 Å². The van der Waals surface area contributed by atoms with E-state index in [-0.39, 0.29) is 0 Å². The summed E-state index contributed by atoms with van der Waals surface area (Å²) in [5.74, 6) is 1.61. The van der Waals surface area contributed by atoms with Crippen LogP contribution >= 0.6 is 0 Å². The molecule has 3 aromatic rings. The van der Waals surface area contributed by atoms with E-state index in [1.165, 1.54) is 16.6 Å². The van der Waals surface area contributed by atoms with Crippen molar-refractivity contribution in [3.05, 3.63) is 53.9 Å². The Bertz CT molecular complexity index is 872. The summed E-state index contributed by atoms with van der Waals surface area (Å²) in [5, 5.41) is 0. The molecule has 2 heterocycles. The highest BCUT2D eigenvalue weighted by Gasteiger charge is 2.20. The smallest absolute Gasteiger partial charge is 0.161 e. The molecule has 4 rings (SSSR count). The lowest BCUT2D eigenvalue weighted by molar-refractivity contribution is 0.202. The van der Waals surface area contributed by atoms with Gasteiger partial charge in [-0.25, -0.2) is 4.98 Å². The monoisotopic (exact) mass is 323 g/mol. The van der Waals surface area contributed by atoms with Crippen LogP contribution in [0.5, 0.6) is 11.5 Å². The average Bonchev–Trinajstić information content (AvgIpc) is 3.03. The van der Waals surface area contributed by atoms with Crippen molar-refractivity contribution >= 4 is 11.0 Å². The number of aromatic nitrogens is 2. The molecule has 0 atom stereocenters. The number of ether oxygens (including phenoxy) is 2. The van der Waals surface area contributed by atoms with Crippen LogP contribution in [0.1, 0.15) is 11.1 Å². The van der Waals surface area contributed by atoms with Crippen molar-refractivity contribution in [1.29, 1.82) is 0 Å². The van der Waals surface area contributed by atoms with E-state index in [1.54, 1.807) is 14.2 Å². The molecule has 0 bridgehead atoms. The van der Waals surface area contributed by atoms with Crippen molar-refractivity contribution in [2.75, 3.05) is 20.8 Å². The minimum atomic E-state index is 0.797. The van der Waals surface area contributed by atoms with E-state index < -0.39 is 0 Å². The van der Waals surface area contributed by atoms with Gasteiger partial charge in [0.25, 0.3) is 0 Å². The number of methoxy groups -OCH3 is 2. The molecule has 0 radical (unpaired) electrons. The Morgan fingerprint density at radius 2 is 1.79 bits per heavy atom. The van der Waals surface area contributed by atoms with Gasteiger partial charge >= 0.3 is 0 Å². The largest absolute Gasteiger partial charge is 0.493 e. The lowest BCUT2D eigenvalue weighted by Crippen LogP contribution is -2.32. The standard InChI is InChI=1S/C19H21N3O2/c1-23-18-9-14-7-8-21(11-15(14)10-19(18)24-2)13-22-12-20-16-5-3-4-6-17(16)22/h3-6,9-10,12H,7-8,11,13H2,1-2H3. The van der Waals surface area contributed by atoms with Crippen molar-refractivity contribution in [3.8, 4) is 11.5 Å². The normalized spacial score (nSPS) is 14.6. The van der Waals surface area contributed by atoms with Gasteiger partial charge in [0, 0.05) is 13.1 Å². The highest BCUT2D eigenvalue weighted by atomic mass is 16.5. The molecule has 0 spiro atoms. The van der Waals surface area contributed by atoms with Gasteiger partial charge in [0.05, 0.1) is 38.2 Å². The molecular formula is C19H21N3O2. The van der Waals surface area contributed by atoms with Crippen LogP contribution in [-0.4, -0.2) is 35.2 Å². The molecule has 5 nitrogen and oxygen atoms in total. The lowest BCUT2D eigenvalue weighted by Gasteiger charge is -2.29. The van der Waals surface area contributed by atoms with Crippen LogP contribution in [0.25, 0.3) is 11.0 Å². The molecule has 0 fully saturated rings. The van der Waals surface area contributed by atoms with Crippen molar-refractivity contribution in [3.63, 3.8) is 0 Å². The van der Waals surface area contributed by atoms with Gasteiger partial charge in [0.2, 0.25) is 0 Å². The van der Waals surface area contributed by atoms with Gasteiger partial charge in [-0.05, 0) is 41.8 Å². The second-order valence-corrected chi connectivity index (χ2v) is 6.12. The Hall–Kier alpha value is -2.53. The molecule has 0 amide bonds. The SMILES string of the molecule is COc1cc2c(cc1OC)CN(Cn1cnc3ccccc31)CC2. The van der Waals surface area contributed by atoms with Gasteiger partial charge in [0.1, 0.15) is 0 Å². The maximum atomic E-state index is 5.44. The summed E-state index contributed by atoms with van der Waals surface area (Å²) in [6.07, 6.45) is 2.94. The van der Waals surface area contributed by atoms with E-state index in [9.17, 15) is 0 Å². The fourth-order valence-electron chi connectivity index (χ4n) is 3.40. The highest BCUT2D eigenvalue weighted by Crippen LogP contribution is 2.33. The van der Waals surface area contributed by atoms with Crippen molar-refractivity contribution in [2.24, 2.45) is 0 Å². The van der Waals surface area contributed by atoms with E-state index >= 15 is 0 Å². The van der Waals surface area contributed by atoms with E-state index in [1.807, 2.05) is 12.4 Å². The number of rotatable bonds is 4. The molecule has 5 heteroatoms. The summed E-state index contributed by atoms with van der Waals surface area (Å²) in [6.45, 7) is 2.77. The maximum Gasteiger partial charge on any atom is 0.161 e. The zero-order chi connectivity index (χ0) is 16.5. The van der Waals surface area contributed by atoms with E-state index in [0.717, 1.165) is 43.2 Å². The van der Waals surface area contributed by atoms with Crippen molar-refractivity contribution in [2.45, 2.75) is 19.6 Å². The highest BCUT2D eigenvalue weighted by molar-refractivity contribution is 5.74. The van der Waals surface area contributed by atoms with Crippen LogP contribution < -0.4 is 9.47 Å². The number of fused-ring (bicyclic) bond motifs is 2. The second kappa shape index (κ2) is 6.17. The van der Waals surface area contributed by atoms with Gasteiger partial charge < -0.3 is 14.0 Å². The molecule has 24 heavy (non-hydrogen) atoms. The third kappa shape index (κ3) is 2.61. The predicted octanol–water partition coefficient (Wildman–Crippen LogP) is 3.07. The quantitative estimate of drug-likeness (QED) is 0.740. The molecule has 0 N–H and O–H groups in total. The third-order valence-corrected chi connectivity index (χ3v) is 4.68. The van der Waals surface area contributed by atoms with Crippen LogP contribution in [0.2, 0.25) is 0 Å². The van der Waals surface area contributed by atoms with Crippen LogP contribution in [0.3, 0.4) is 0 Å². The number of hydrogen-bond donors (Lipinski definition) is 0. The molecular weight excluding hydrogens is 302 g/mol. The minimum Gasteiger partial charge on any atom is -0.493 e. The molecule has 1 aliphatic heterocycles.